The molecule has 0 aliphatic heterocycles. The highest BCUT2D eigenvalue weighted by Gasteiger charge is 2.21. The van der Waals surface area contributed by atoms with Gasteiger partial charge in [0.2, 0.25) is 0 Å². The predicted octanol–water partition coefficient (Wildman–Crippen LogP) is 6.36. The third kappa shape index (κ3) is 4.12. The number of benzene rings is 2. The molecule has 0 atom stereocenters. The Labute approximate surface area is 187 Å². The molecule has 0 saturated heterocycles. The first-order valence-corrected chi connectivity index (χ1v) is 12.0. The van der Waals surface area contributed by atoms with E-state index in [0.717, 1.165) is 34.1 Å². The van der Waals surface area contributed by atoms with Gasteiger partial charge >= 0.3 is 0 Å². The molecule has 0 bridgehead atoms. The number of rotatable bonds is 6. The van der Waals surface area contributed by atoms with Gasteiger partial charge in [-0.05, 0) is 61.7 Å². The van der Waals surface area contributed by atoms with Crippen molar-refractivity contribution in [3.63, 3.8) is 0 Å². The van der Waals surface area contributed by atoms with Gasteiger partial charge in [0.15, 0.2) is 0 Å². The van der Waals surface area contributed by atoms with Crippen molar-refractivity contribution >= 4 is 38.5 Å². The molecule has 1 aliphatic carbocycles. The molecule has 7 heteroatoms. The molecule has 32 heavy (non-hydrogen) atoms. The number of hydrogen-bond donors (Lipinski definition) is 2. The van der Waals surface area contributed by atoms with E-state index in [2.05, 4.69) is 23.1 Å². The minimum absolute atomic E-state index is 0.135. The summed E-state index contributed by atoms with van der Waals surface area (Å²) in [6, 6.07) is 12.2. The zero-order valence-corrected chi connectivity index (χ0v) is 19.1. The fourth-order valence-corrected chi connectivity index (χ4v) is 5.03. The van der Waals surface area contributed by atoms with Gasteiger partial charge in [0.1, 0.15) is 5.83 Å². The first-order chi connectivity index (χ1) is 15.2. The third-order valence-corrected chi connectivity index (χ3v) is 7.07. The molecule has 166 valence electrons. The molecule has 1 aliphatic rings. The number of anilines is 1. The van der Waals surface area contributed by atoms with Crippen LogP contribution >= 0.6 is 0 Å². The van der Waals surface area contributed by atoms with Crippen LogP contribution < -0.4 is 4.72 Å². The van der Waals surface area contributed by atoms with Crippen LogP contribution in [-0.2, 0) is 10.0 Å². The Morgan fingerprint density at radius 2 is 1.81 bits per heavy atom. The van der Waals surface area contributed by atoms with Crippen LogP contribution in [0.1, 0.15) is 49.4 Å². The Morgan fingerprint density at radius 1 is 1.09 bits per heavy atom. The monoisotopic (exact) mass is 451 g/mol. The van der Waals surface area contributed by atoms with E-state index in [4.69, 9.17) is 5.41 Å². The number of allylic oxidation sites excluding steroid dienone is 4. The number of nitrogens with zero attached hydrogens (tertiary/aromatic N) is 1. The average molecular weight is 452 g/mol. The van der Waals surface area contributed by atoms with Crippen LogP contribution in [0.5, 0.6) is 0 Å². The van der Waals surface area contributed by atoms with Gasteiger partial charge in [-0.25, -0.2) is 12.8 Å². The molecule has 0 amide bonds. The number of aryl methyl sites for hydroxylation is 1. The summed E-state index contributed by atoms with van der Waals surface area (Å²) in [4.78, 5) is 0.167. The fourth-order valence-electron chi connectivity index (χ4n) is 3.95. The van der Waals surface area contributed by atoms with Crippen LogP contribution in [0.4, 0.5) is 10.1 Å². The van der Waals surface area contributed by atoms with Gasteiger partial charge in [-0.15, -0.1) is 0 Å². The second-order valence-corrected chi connectivity index (χ2v) is 10.1. The molecule has 2 aromatic carbocycles. The highest BCUT2D eigenvalue weighted by atomic mass is 32.2. The van der Waals surface area contributed by atoms with Gasteiger partial charge < -0.3 is 9.98 Å². The van der Waals surface area contributed by atoms with Crippen LogP contribution in [0.3, 0.4) is 0 Å². The lowest BCUT2D eigenvalue weighted by Crippen LogP contribution is -2.14. The maximum Gasteiger partial charge on any atom is 0.261 e. The van der Waals surface area contributed by atoms with E-state index in [1.165, 1.54) is 6.08 Å². The lowest BCUT2D eigenvalue weighted by Gasteiger charge is -2.19. The van der Waals surface area contributed by atoms with Crippen LogP contribution in [0, 0.1) is 12.3 Å². The lowest BCUT2D eigenvalue weighted by atomic mass is 10.1. The summed E-state index contributed by atoms with van der Waals surface area (Å²) in [6.45, 7) is 6.07. The number of halogens is 1. The van der Waals surface area contributed by atoms with Crippen LogP contribution in [-0.4, -0.2) is 19.2 Å². The van der Waals surface area contributed by atoms with Crippen molar-refractivity contribution in [3.8, 4) is 0 Å². The van der Waals surface area contributed by atoms with Crippen molar-refractivity contribution in [1.29, 1.82) is 5.41 Å². The lowest BCUT2D eigenvalue weighted by molar-refractivity contribution is 0.586. The summed E-state index contributed by atoms with van der Waals surface area (Å²) in [5.74, 6) is 0.0690. The predicted molar refractivity (Wildman–Crippen MR) is 129 cm³/mol. The molecule has 2 N–H and O–H groups in total. The molecule has 0 fully saturated rings. The number of fused-ring (bicyclic) bond motifs is 1. The Bertz CT molecular complexity index is 1360. The molecular weight excluding hydrogens is 425 g/mol. The van der Waals surface area contributed by atoms with Crippen molar-refractivity contribution < 1.29 is 12.8 Å². The van der Waals surface area contributed by atoms with E-state index >= 15 is 0 Å². The maximum atomic E-state index is 13.6. The van der Waals surface area contributed by atoms with Crippen molar-refractivity contribution in [2.24, 2.45) is 0 Å². The standard InChI is InChI=1S/C25H26FN3O2S/c1-16(2)24-13-18-12-23(28-32(30,31)22-10-4-17(3)5-11-22)19(15-27)14-25(18)29(24)21-8-6-20(26)7-9-21/h4-6,8,10-16,27-28H,7,9H2,1-3H3. The molecule has 3 aromatic rings. The van der Waals surface area contributed by atoms with Crippen LogP contribution in [0.2, 0.25) is 0 Å². The van der Waals surface area contributed by atoms with Crippen molar-refractivity contribution in [3.05, 3.63) is 77.3 Å². The summed E-state index contributed by atoms with van der Waals surface area (Å²) in [5.41, 5.74) is 4.68. The Hall–Kier alpha value is -3.19. The van der Waals surface area contributed by atoms with E-state index in [-0.39, 0.29) is 16.6 Å². The summed E-state index contributed by atoms with van der Waals surface area (Å²) in [7, 11) is -3.80. The van der Waals surface area contributed by atoms with Gasteiger partial charge in [-0.3, -0.25) is 4.72 Å². The van der Waals surface area contributed by atoms with Gasteiger partial charge in [0, 0.05) is 35.0 Å². The minimum Gasteiger partial charge on any atom is -0.317 e. The fraction of sp³-hybridized carbons (Fsp3) is 0.240. The van der Waals surface area contributed by atoms with Crippen LogP contribution in [0.15, 0.2) is 65.3 Å². The van der Waals surface area contributed by atoms with E-state index in [1.807, 2.05) is 19.1 Å². The zero-order chi connectivity index (χ0) is 23.0. The van der Waals surface area contributed by atoms with Crippen molar-refractivity contribution in [1.82, 2.24) is 4.57 Å². The molecule has 4 rings (SSSR count). The average Bonchev–Trinajstić information content (AvgIpc) is 3.12. The molecule has 1 heterocycles. The summed E-state index contributed by atoms with van der Waals surface area (Å²) in [5, 5.41) is 8.75. The number of nitrogens with one attached hydrogen (secondary N) is 2. The number of sulfonamides is 1. The van der Waals surface area contributed by atoms with Crippen LogP contribution in [0.25, 0.3) is 16.6 Å². The Balaban J connectivity index is 1.84. The number of aromatic nitrogens is 1. The molecule has 5 nitrogen and oxygen atoms in total. The molecule has 0 radical (unpaired) electrons. The Morgan fingerprint density at radius 3 is 2.41 bits per heavy atom. The zero-order valence-electron chi connectivity index (χ0n) is 18.3. The Kier molecular flexibility index (Phi) is 5.77. The largest absolute Gasteiger partial charge is 0.317 e. The summed E-state index contributed by atoms with van der Waals surface area (Å²) >= 11 is 0. The summed E-state index contributed by atoms with van der Waals surface area (Å²) < 4.78 is 44.2. The SMILES string of the molecule is Cc1ccc(S(=O)(=O)Nc2cc3cc(C(C)C)n(C4=CC=C(F)CC4)c3cc2C=N)cc1. The quantitative estimate of drug-likeness (QED) is 0.428. The second kappa shape index (κ2) is 8.39. The van der Waals surface area contributed by atoms with E-state index in [0.29, 0.717) is 24.1 Å². The van der Waals surface area contributed by atoms with E-state index in [1.54, 1.807) is 36.4 Å². The topological polar surface area (TPSA) is 75.0 Å². The normalized spacial score (nSPS) is 14.4. The van der Waals surface area contributed by atoms with E-state index < -0.39 is 10.0 Å². The van der Waals surface area contributed by atoms with Gasteiger partial charge in [-0.2, -0.15) is 0 Å². The summed E-state index contributed by atoms with van der Waals surface area (Å²) in [6.07, 6.45) is 5.37. The minimum atomic E-state index is -3.80. The van der Waals surface area contributed by atoms with Crippen molar-refractivity contribution in [2.45, 2.75) is 44.4 Å². The second-order valence-electron chi connectivity index (χ2n) is 8.39. The highest BCUT2D eigenvalue weighted by Crippen LogP contribution is 2.35. The molecule has 0 saturated carbocycles. The smallest absolute Gasteiger partial charge is 0.261 e. The van der Waals surface area contributed by atoms with E-state index in [9.17, 15) is 12.8 Å². The first-order valence-electron chi connectivity index (χ1n) is 10.5. The van der Waals surface area contributed by atoms with Crippen molar-refractivity contribution in [2.75, 3.05) is 4.72 Å². The molecule has 0 unspecified atom stereocenters. The number of hydrogen-bond acceptors (Lipinski definition) is 3. The molecule has 1 aromatic heterocycles. The van der Waals surface area contributed by atoms with Gasteiger partial charge in [0.25, 0.3) is 10.0 Å². The maximum absolute atomic E-state index is 13.6. The third-order valence-electron chi connectivity index (χ3n) is 5.69. The molecular formula is C25H26FN3O2S. The first kappa shape index (κ1) is 22.0. The van der Waals surface area contributed by atoms with Gasteiger partial charge in [0.05, 0.1) is 16.1 Å². The highest BCUT2D eigenvalue weighted by molar-refractivity contribution is 7.92. The van der Waals surface area contributed by atoms with Gasteiger partial charge in [-0.1, -0.05) is 31.5 Å². The molecule has 0 spiro atoms.